The van der Waals surface area contributed by atoms with Crippen LogP contribution in [0.5, 0.6) is 0 Å². The van der Waals surface area contributed by atoms with Crippen molar-refractivity contribution in [1.29, 1.82) is 0 Å². The van der Waals surface area contributed by atoms with Crippen LogP contribution < -0.4 is 5.32 Å². The second-order valence-electron chi connectivity index (χ2n) is 6.32. The summed E-state index contributed by atoms with van der Waals surface area (Å²) in [6.45, 7) is 9.50. The van der Waals surface area contributed by atoms with Gasteiger partial charge < -0.3 is 5.32 Å². The molecular formula is C15H31N. The monoisotopic (exact) mass is 225 g/mol. The van der Waals surface area contributed by atoms with Crippen LogP contribution in [0.3, 0.4) is 0 Å². The summed E-state index contributed by atoms with van der Waals surface area (Å²) < 4.78 is 0. The van der Waals surface area contributed by atoms with Gasteiger partial charge >= 0.3 is 0 Å². The van der Waals surface area contributed by atoms with Gasteiger partial charge in [-0.1, -0.05) is 47.0 Å². The Morgan fingerprint density at radius 1 is 1.12 bits per heavy atom. The molecule has 0 spiro atoms. The summed E-state index contributed by atoms with van der Waals surface area (Å²) in [5.74, 6) is 1.64. The fourth-order valence-corrected chi connectivity index (χ4v) is 3.96. The largest absolute Gasteiger partial charge is 0.316 e. The van der Waals surface area contributed by atoms with Gasteiger partial charge in [0.05, 0.1) is 0 Å². The van der Waals surface area contributed by atoms with Crippen LogP contribution in [0.2, 0.25) is 0 Å². The first-order valence-electron chi connectivity index (χ1n) is 7.23. The summed E-state index contributed by atoms with van der Waals surface area (Å²) in [5.41, 5.74) is 0.596. The molecule has 1 N–H and O–H groups in total. The molecule has 1 nitrogen and oxygen atoms in total. The van der Waals surface area contributed by atoms with Crippen LogP contribution in [-0.2, 0) is 0 Å². The van der Waals surface area contributed by atoms with E-state index in [0.29, 0.717) is 5.41 Å². The van der Waals surface area contributed by atoms with Gasteiger partial charge in [-0.05, 0) is 43.6 Å². The van der Waals surface area contributed by atoms with Crippen molar-refractivity contribution < 1.29 is 0 Å². The van der Waals surface area contributed by atoms with E-state index in [-0.39, 0.29) is 0 Å². The fourth-order valence-electron chi connectivity index (χ4n) is 3.96. The first kappa shape index (κ1) is 14.0. The molecule has 1 saturated carbocycles. The van der Waals surface area contributed by atoms with Gasteiger partial charge in [0.15, 0.2) is 0 Å². The third-order valence-corrected chi connectivity index (χ3v) is 4.60. The SMILES string of the molecule is CCC(C)C(NC)C1(CC(C)C)CCCC1. The Balaban J connectivity index is 2.81. The first-order chi connectivity index (χ1) is 7.55. The molecule has 0 saturated heterocycles. The van der Waals surface area contributed by atoms with E-state index in [0.717, 1.165) is 17.9 Å². The number of nitrogens with one attached hydrogen (secondary N) is 1. The highest BCUT2D eigenvalue weighted by Gasteiger charge is 2.42. The van der Waals surface area contributed by atoms with E-state index >= 15 is 0 Å². The van der Waals surface area contributed by atoms with Crippen molar-refractivity contribution in [2.24, 2.45) is 17.3 Å². The zero-order valence-electron chi connectivity index (χ0n) is 12.0. The Bertz CT molecular complexity index is 192. The third-order valence-electron chi connectivity index (χ3n) is 4.60. The minimum Gasteiger partial charge on any atom is -0.316 e. The second-order valence-corrected chi connectivity index (χ2v) is 6.32. The predicted molar refractivity (Wildman–Crippen MR) is 72.7 cm³/mol. The average molecular weight is 225 g/mol. The van der Waals surface area contributed by atoms with E-state index in [1.54, 1.807) is 0 Å². The number of hydrogen-bond acceptors (Lipinski definition) is 1. The van der Waals surface area contributed by atoms with Crippen molar-refractivity contribution in [1.82, 2.24) is 5.32 Å². The molecule has 0 aliphatic heterocycles. The lowest BCUT2D eigenvalue weighted by Gasteiger charge is -2.42. The lowest BCUT2D eigenvalue weighted by molar-refractivity contribution is 0.120. The predicted octanol–water partition coefficient (Wildman–Crippen LogP) is 4.23. The molecule has 0 aromatic carbocycles. The second kappa shape index (κ2) is 6.05. The molecule has 96 valence electrons. The Labute approximate surface area is 102 Å². The topological polar surface area (TPSA) is 12.0 Å². The molecule has 0 radical (unpaired) electrons. The van der Waals surface area contributed by atoms with Crippen LogP contribution in [0.25, 0.3) is 0 Å². The summed E-state index contributed by atoms with van der Waals surface area (Å²) in [4.78, 5) is 0. The van der Waals surface area contributed by atoms with Gasteiger partial charge in [0.25, 0.3) is 0 Å². The highest BCUT2D eigenvalue weighted by molar-refractivity contribution is 4.96. The molecule has 1 aliphatic rings. The molecular weight excluding hydrogens is 194 g/mol. The molecule has 1 rings (SSSR count). The average Bonchev–Trinajstić information content (AvgIpc) is 2.66. The lowest BCUT2D eigenvalue weighted by atomic mass is 9.68. The van der Waals surface area contributed by atoms with Gasteiger partial charge in [-0.25, -0.2) is 0 Å². The summed E-state index contributed by atoms with van der Waals surface area (Å²) >= 11 is 0. The van der Waals surface area contributed by atoms with E-state index in [2.05, 4.69) is 40.1 Å². The zero-order valence-corrected chi connectivity index (χ0v) is 12.0. The lowest BCUT2D eigenvalue weighted by Crippen LogP contribution is -2.47. The summed E-state index contributed by atoms with van der Waals surface area (Å²) in [6.07, 6.45) is 8.49. The molecule has 0 bridgehead atoms. The Hall–Kier alpha value is -0.0400. The highest BCUT2D eigenvalue weighted by atomic mass is 14.9. The molecule has 1 aliphatic carbocycles. The summed E-state index contributed by atoms with van der Waals surface area (Å²) in [5, 5.41) is 3.64. The normalized spacial score (nSPS) is 23.6. The molecule has 1 fully saturated rings. The maximum atomic E-state index is 3.64. The van der Waals surface area contributed by atoms with Gasteiger partial charge in [-0.3, -0.25) is 0 Å². The van der Waals surface area contributed by atoms with E-state index < -0.39 is 0 Å². The van der Waals surface area contributed by atoms with Gasteiger partial charge in [0.2, 0.25) is 0 Å². The smallest absolute Gasteiger partial charge is 0.0146 e. The molecule has 2 unspecified atom stereocenters. The van der Waals surface area contributed by atoms with E-state index in [9.17, 15) is 0 Å². The Kier molecular flexibility index (Phi) is 5.30. The number of rotatable bonds is 6. The maximum absolute atomic E-state index is 3.64. The molecule has 0 aromatic heterocycles. The molecule has 16 heavy (non-hydrogen) atoms. The van der Waals surface area contributed by atoms with Crippen LogP contribution in [0, 0.1) is 17.3 Å². The minimum absolute atomic E-state index is 0.596. The van der Waals surface area contributed by atoms with Crippen LogP contribution in [0.1, 0.15) is 66.2 Å². The van der Waals surface area contributed by atoms with Crippen LogP contribution in [0.15, 0.2) is 0 Å². The molecule has 0 heterocycles. The number of hydrogen-bond donors (Lipinski definition) is 1. The molecule has 2 atom stereocenters. The van der Waals surface area contributed by atoms with Crippen molar-refractivity contribution in [3.63, 3.8) is 0 Å². The quantitative estimate of drug-likeness (QED) is 0.713. The van der Waals surface area contributed by atoms with Crippen molar-refractivity contribution in [2.75, 3.05) is 7.05 Å². The fraction of sp³-hybridized carbons (Fsp3) is 1.00. The first-order valence-corrected chi connectivity index (χ1v) is 7.23. The van der Waals surface area contributed by atoms with Gasteiger partial charge in [0, 0.05) is 6.04 Å². The van der Waals surface area contributed by atoms with Crippen molar-refractivity contribution in [3.05, 3.63) is 0 Å². The third kappa shape index (κ3) is 3.00. The van der Waals surface area contributed by atoms with E-state index in [1.165, 1.54) is 38.5 Å². The van der Waals surface area contributed by atoms with Gasteiger partial charge in [0.1, 0.15) is 0 Å². The standard InChI is InChI=1S/C15H31N/c1-6-13(4)14(16-5)15(11-12(2)3)9-7-8-10-15/h12-14,16H,6-11H2,1-5H3. The molecule has 0 amide bonds. The van der Waals surface area contributed by atoms with Crippen LogP contribution >= 0.6 is 0 Å². The molecule has 0 aromatic rings. The minimum atomic E-state index is 0.596. The molecule has 1 heteroatoms. The van der Waals surface area contributed by atoms with Crippen LogP contribution in [-0.4, -0.2) is 13.1 Å². The Morgan fingerprint density at radius 2 is 1.69 bits per heavy atom. The maximum Gasteiger partial charge on any atom is 0.0146 e. The summed E-state index contributed by atoms with van der Waals surface area (Å²) in [7, 11) is 2.16. The van der Waals surface area contributed by atoms with Crippen LogP contribution in [0.4, 0.5) is 0 Å². The van der Waals surface area contributed by atoms with E-state index in [4.69, 9.17) is 0 Å². The van der Waals surface area contributed by atoms with Crippen molar-refractivity contribution in [3.8, 4) is 0 Å². The highest BCUT2D eigenvalue weighted by Crippen LogP contribution is 2.48. The van der Waals surface area contributed by atoms with Crippen molar-refractivity contribution >= 4 is 0 Å². The summed E-state index contributed by atoms with van der Waals surface area (Å²) in [6, 6.07) is 0.724. The van der Waals surface area contributed by atoms with Gasteiger partial charge in [-0.2, -0.15) is 0 Å². The van der Waals surface area contributed by atoms with Crippen molar-refractivity contribution in [2.45, 2.75) is 72.3 Å². The Morgan fingerprint density at radius 3 is 2.06 bits per heavy atom. The zero-order chi connectivity index (χ0) is 12.2. The van der Waals surface area contributed by atoms with Gasteiger partial charge in [-0.15, -0.1) is 0 Å². The van der Waals surface area contributed by atoms with E-state index in [1.807, 2.05) is 0 Å².